The fourth-order valence-electron chi connectivity index (χ4n) is 1.14. The maximum absolute atomic E-state index is 2.88. The highest BCUT2D eigenvalue weighted by molar-refractivity contribution is 7.40. The van der Waals surface area contributed by atoms with Crippen molar-refractivity contribution in [2.45, 2.75) is 31.2 Å². The van der Waals surface area contributed by atoms with Crippen LogP contribution in [0.1, 0.15) is 20.8 Å². The van der Waals surface area contributed by atoms with E-state index in [4.69, 9.17) is 0 Å². The topological polar surface area (TPSA) is 3.24 Å². The fraction of sp³-hybridized carbons (Fsp3) is 1.00. The summed E-state index contributed by atoms with van der Waals surface area (Å²) in [5.74, 6) is 0. The second kappa shape index (κ2) is 2.41. The summed E-state index contributed by atoms with van der Waals surface area (Å²) >= 11 is 0. The van der Waals surface area contributed by atoms with Crippen molar-refractivity contribution in [3.05, 3.63) is 0 Å². The second-order valence-corrected chi connectivity index (χ2v) is 7.23. The normalized spacial score (nSPS) is 26.1. The summed E-state index contributed by atoms with van der Waals surface area (Å²) in [6.07, 6.45) is 0. The molecule has 1 rings (SSSR count). The average molecular weight is 177 g/mol. The van der Waals surface area contributed by atoms with E-state index in [1.54, 1.807) is 0 Å². The molecule has 0 radical (unpaired) electrons. The van der Waals surface area contributed by atoms with Gasteiger partial charge in [-0.25, -0.2) is 0 Å². The largest absolute Gasteiger partial charge is 0.296 e. The molecule has 1 aliphatic rings. The van der Waals surface area contributed by atoms with Crippen molar-refractivity contribution < 1.29 is 0 Å². The first kappa shape index (κ1) is 8.91. The molecule has 0 amide bonds. The van der Waals surface area contributed by atoms with Crippen LogP contribution in [0.15, 0.2) is 0 Å². The summed E-state index contributed by atoms with van der Waals surface area (Å²) < 4.78 is 0. The highest BCUT2D eigenvalue weighted by atomic mass is 31.1. The highest BCUT2D eigenvalue weighted by Gasteiger charge is 2.39. The van der Waals surface area contributed by atoms with E-state index >= 15 is 0 Å². The number of hydrogen-bond acceptors (Lipinski definition) is 1. The zero-order valence-corrected chi connectivity index (χ0v) is 9.33. The van der Waals surface area contributed by atoms with Gasteiger partial charge in [0.05, 0.1) is 0 Å². The molecule has 10 heavy (non-hydrogen) atoms. The first-order valence-corrected chi connectivity index (χ1v) is 4.80. The van der Waals surface area contributed by atoms with Gasteiger partial charge in [-0.15, -0.1) is 18.5 Å². The molecule has 3 heteroatoms. The van der Waals surface area contributed by atoms with E-state index in [-0.39, 0.29) is 0 Å². The summed E-state index contributed by atoms with van der Waals surface area (Å²) in [6, 6.07) is 0. The van der Waals surface area contributed by atoms with Crippen LogP contribution in [0.2, 0.25) is 0 Å². The number of rotatable bonds is 0. The molecule has 1 saturated heterocycles. The van der Waals surface area contributed by atoms with Crippen LogP contribution >= 0.6 is 18.5 Å². The van der Waals surface area contributed by atoms with Gasteiger partial charge in [-0.1, -0.05) is 0 Å². The Morgan fingerprint density at radius 3 is 1.70 bits per heavy atom. The quantitative estimate of drug-likeness (QED) is 0.507. The van der Waals surface area contributed by atoms with Gasteiger partial charge in [0, 0.05) is 23.5 Å². The molecule has 60 valence electrons. The maximum atomic E-state index is 2.88. The zero-order chi connectivity index (χ0) is 7.99. The smallest absolute Gasteiger partial charge is 0.0245 e. The minimum absolute atomic E-state index is 0.358. The van der Waals surface area contributed by atoms with E-state index in [0.29, 0.717) is 10.4 Å². The summed E-state index contributed by atoms with van der Waals surface area (Å²) in [5, 5.41) is 0. The lowest BCUT2D eigenvalue weighted by Gasteiger charge is -2.52. The molecule has 2 unspecified atom stereocenters. The zero-order valence-electron chi connectivity index (χ0n) is 7.02. The molecule has 0 saturated carbocycles. The van der Waals surface area contributed by atoms with Crippen LogP contribution in [0.3, 0.4) is 0 Å². The molecule has 0 aromatic carbocycles. The number of likely N-dealkylation sites (tertiary alicyclic amines) is 1. The van der Waals surface area contributed by atoms with Crippen molar-refractivity contribution in [1.29, 1.82) is 0 Å². The van der Waals surface area contributed by atoms with Gasteiger partial charge in [0.25, 0.3) is 0 Å². The van der Waals surface area contributed by atoms with E-state index in [1.807, 2.05) is 0 Å². The van der Waals surface area contributed by atoms with Gasteiger partial charge in [-0.2, -0.15) is 0 Å². The van der Waals surface area contributed by atoms with E-state index in [1.165, 1.54) is 13.1 Å². The Balaban J connectivity index is 2.40. The Kier molecular flexibility index (Phi) is 2.14. The van der Waals surface area contributed by atoms with Crippen molar-refractivity contribution in [2.24, 2.45) is 0 Å². The van der Waals surface area contributed by atoms with Crippen molar-refractivity contribution in [1.82, 2.24) is 4.90 Å². The molecule has 1 fully saturated rings. The standard InChI is InChI=1S/C7H17NP2/c1-6(2,3)8-4-7(9,10)5-8/h4-5,9-10H2,1-3H3. The molecule has 0 spiro atoms. The van der Waals surface area contributed by atoms with Crippen molar-refractivity contribution in [3.8, 4) is 0 Å². The predicted molar refractivity (Wildman–Crippen MR) is 53.5 cm³/mol. The van der Waals surface area contributed by atoms with Crippen LogP contribution in [0.5, 0.6) is 0 Å². The first-order valence-electron chi connectivity index (χ1n) is 3.64. The predicted octanol–water partition coefficient (Wildman–Crippen LogP) is 1.55. The molecule has 0 bridgehead atoms. The summed E-state index contributed by atoms with van der Waals surface area (Å²) in [5.41, 5.74) is 0.358. The first-order chi connectivity index (χ1) is 4.31. The molecule has 0 N–H and O–H groups in total. The number of hydrogen-bond donors (Lipinski definition) is 0. The van der Waals surface area contributed by atoms with Gasteiger partial charge in [0.15, 0.2) is 0 Å². The summed E-state index contributed by atoms with van der Waals surface area (Å²) in [6.45, 7) is 9.16. The van der Waals surface area contributed by atoms with Crippen LogP contribution in [0, 0.1) is 0 Å². The van der Waals surface area contributed by atoms with Crippen LogP contribution in [-0.2, 0) is 0 Å². The minimum Gasteiger partial charge on any atom is -0.296 e. The van der Waals surface area contributed by atoms with Crippen LogP contribution in [0.25, 0.3) is 0 Å². The molecule has 1 aliphatic heterocycles. The summed E-state index contributed by atoms with van der Waals surface area (Å²) in [4.78, 5) is 2.89. The van der Waals surface area contributed by atoms with Gasteiger partial charge < -0.3 is 0 Å². The van der Waals surface area contributed by atoms with Crippen molar-refractivity contribution >= 4 is 18.5 Å². The maximum Gasteiger partial charge on any atom is 0.0245 e. The Labute approximate surface area is 68.3 Å². The van der Waals surface area contributed by atoms with Crippen LogP contribution < -0.4 is 0 Å². The molecule has 0 aromatic heterocycles. The van der Waals surface area contributed by atoms with E-state index in [0.717, 1.165) is 0 Å². The van der Waals surface area contributed by atoms with E-state index in [9.17, 15) is 0 Å². The van der Waals surface area contributed by atoms with E-state index < -0.39 is 0 Å². The minimum atomic E-state index is 0.358. The lowest BCUT2D eigenvalue weighted by Crippen LogP contribution is -2.61. The molecule has 1 nitrogen and oxygen atoms in total. The second-order valence-electron chi connectivity index (χ2n) is 4.26. The molecule has 0 aromatic rings. The van der Waals surface area contributed by atoms with E-state index in [2.05, 4.69) is 44.2 Å². The number of nitrogens with zero attached hydrogens (tertiary/aromatic N) is 1. The van der Waals surface area contributed by atoms with Crippen molar-refractivity contribution in [2.75, 3.05) is 13.1 Å². The molecular formula is C7H17NP2. The van der Waals surface area contributed by atoms with Gasteiger partial charge in [0.1, 0.15) is 0 Å². The van der Waals surface area contributed by atoms with Crippen LogP contribution in [-0.4, -0.2) is 28.4 Å². The Morgan fingerprint density at radius 2 is 1.60 bits per heavy atom. The lowest BCUT2D eigenvalue weighted by molar-refractivity contribution is 0.0639. The van der Waals surface area contributed by atoms with Gasteiger partial charge in [-0.05, 0) is 20.8 Å². The van der Waals surface area contributed by atoms with Crippen molar-refractivity contribution in [3.63, 3.8) is 0 Å². The molecule has 0 aliphatic carbocycles. The van der Waals surface area contributed by atoms with Gasteiger partial charge >= 0.3 is 0 Å². The lowest BCUT2D eigenvalue weighted by atomic mass is 10.0. The third-order valence-corrected chi connectivity index (χ3v) is 2.65. The third-order valence-electron chi connectivity index (χ3n) is 1.92. The SMILES string of the molecule is CC(C)(C)N1CC(P)(P)C1. The van der Waals surface area contributed by atoms with Crippen LogP contribution in [0.4, 0.5) is 0 Å². The summed E-state index contributed by atoms with van der Waals surface area (Å²) in [7, 11) is 5.76. The third kappa shape index (κ3) is 1.91. The van der Waals surface area contributed by atoms with Gasteiger partial charge in [0.2, 0.25) is 0 Å². The average Bonchev–Trinajstić information content (AvgIpc) is 1.56. The monoisotopic (exact) mass is 177 g/mol. The van der Waals surface area contributed by atoms with Gasteiger partial charge in [-0.3, -0.25) is 4.90 Å². The molecule has 2 atom stereocenters. The molecular weight excluding hydrogens is 160 g/mol. The Hall–Kier alpha value is 0.820. The Morgan fingerprint density at radius 1 is 1.20 bits per heavy atom. The molecule has 1 heterocycles. The highest BCUT2D eigenvalue weighted by Crippen LogP contribution is 2.40. The fourth-order valence-corrected chi connectivity index (χ4v) is 2.02. The Bertz CT molecular complexity index is 129.